The number of aromatic nitrogens is 1. The molecular formula is C55H77N15O11S2. The zero-order valence-electron chi connectivity index (χ0n) is 46.3. The zero-order valence-corrected chi connectivity index (χ0v) is 48.1. The third-order valence-corrected chi connectivity index (χ3v) is 14.9. The molecule has 0 unspecified atom stereocenters. The van der Waals surface area contributed by atoms with Crippen LogP contribution < -0.4 is 65.5 Å². The number of hydrogen-bond donors (Lipinski definition) is 15. The van der Waals surface area contributed by atoms with Gasteiger partial charge in [-0.2, -0.15) is 25.3 Å². The van der Waals surface area contributed by atoms with Gasteiger partial charge in [-0.15, -0.1) is 0 Å². The van der Waals surface area contributed by atoms with E-state index in [-0.39, 0.29) is 63.5 Å². The molecule has 2 aromatic carbocycles. The molecule has 1 aliphatic carbocycles. The molecule has 1 aromatic heterocycles. The van der Waals surface area contributed by atoms with Gasteiger partial charge in [0, 0.05) is 72.9 Å². The third kappa shape index (κ3) is 21.0. The number of carbonyl (C=O) groups is 11. The maximum atomic E-state index is 14.6. The monoisotopic (exact) mass is 1190 g/mol. The number of carbonyl (C=O) groups excluding carboxylic acids is 11. The number of primary amides is 2. The molecule has 5 rings (SSSR count). The molecule has 1 saturated carbocycles. The SMILES string of the molecule is CCNC(=O)CNC(=O)[C@H](CCCN=C(N)N)NC(=O)[C@@H]1C=CCN1C(=O)[C@H](CS)NC(=O)[C@H](CC(N)=O)NC(=O)[C@H](CCC(N)=O)NC(=O)[C@H](Cc1ccccc1)NC(=O)[C@H](Cc1c[nH]c2ccccc12)NC(=O)CC1(S)CCCCC1. The van der Waals surface area contributed by atoms with E-state index in [2.05, 4.69) is 65.1 Å². The number of amides is 11. The lowest BCUT2D eigenvalue weighted by Gasteiger charge is -2.32. The van der Waals surface area contributed by atoms with Crippen LogP contribution in [0.15, 0.2) is 77.9 Å². The van der Waals surface area contributed by atoms with E-state index < -0.39 is 131 Å². The van der Waals surface area contributed by atoms with E-state index in [9.17, 15) is 52.7 Å². The summed E-state index contributed by atoms with van der Waals surface area (Å²) in [5, 5.41) is 21.6. The van der Waals surface area contributed by atoms with E-state index in [0.29, 0.717) is 17.7 Å². The molecule has 83 heavy (non-hydrogen) atoms. The highest BCUT2D eigenvalue weighted by Gasteiger charge is 2.39. The molecule has 450 valence electrons. The number of aliphatic imine (C=N–C) groups is 1. The molecule has 3 aromatic rings. The highest BCUT2D eigenvalue weighted by molar-refractivity contribution is 7.81. The van der Waals surface area contributed by atoms with E-state index >= 15 is 0 Å². The number of para-hydroxylation sites is 1. The number of rotatable bonds is 32. The fourth-order valence-electron chi connectivity index (χ4n) is 9.72. The quantitative estimate of drug-likeness (QED) is 0.0106. The van der Waals surface area contributed by atoms with Gasteiger partial charge in [-0.1, -0.05) is 79.9 Å². The molecule has 2 aliphatic rings. The number of likely N-dealkylation sites (N-methyl/N-ethyl adjacent to an activating group) is 1. The molecule has 2 heterocycles. The van der Waals surface area contributed by atoms with Gasteiger partial charge in [0.25, 0.3) is 0 Å². The Morgan fingerprint density at radius 2 is 1.30 bits per heavy atom. The summed E-state index contributed by atoms with van der Waals surface area (Å²) in [5.74, 6) is -9.51. The Hall–Kier alpha value is -8.14. The van der Waals surface area contributed by atoms with Crippen LogP contribution in [0.3, 0.4) is 0 Å². The maximum Gasteiger partial charge on any atom is 0.247 e. The van der Waals surface area contributed by atoms with E-state index in [1.165, 1.54) is 12.2 Å². The van der Waals surface area contributed by atoms with Gasteiger partial charge in [0.1, 0.15) is 42.3 Å². The summed E-state index contributed by atoms with van der Waals surface area (Å²) in [7, 11) is 0. The van der Waals surface area contributed by atoms with E-state index in [0.717, 1.165) is 47.9 Å². The van der Waals surface area contributed by atoms with Gasteiger partial charge in [0.2, 0.25) is 65.0 Å². The molecule has 1 fully saturated rings. The van der Waals surface area contributed by atoms with Gasteiger partial charge in [-0.05, 0) is 56.2 Å². The van der Waals surface area contributed by atoms with Gasteiger partial charge in [0.05, 0.1) is 13.0 Å². The Labute approximate surface area is 491 Å². The lowest BCUT2D eigenvalue weighted by molar-refractivity contribution is -0.141. The number of fused-ring (bicyclic) bond motifs is 1. The van der Waals surface area contributed by atoms with Crippen molar-refractivity contribution in [3.05, 3.63) is 84.1 Å². The second-order valence-electron chi connectivity index (χ2n) is 20.5. The molecule has 11 amide bonds. The van der Waals surface area contributed by atoms with E-state index in [1.54, 1.807) is 43.5 Å². The summed E-state index contributed by atoms with van der Waals surface area (Å²) >= 11 is 9.15. The minimum Gasteiger partial charge on any atom is -0.370 e. The van der Waals surface area contributed by atoms with Crippen molar-refractivity contribution in [1.82, 2.24) is 52.4 Å². The van der Waals surface area contributed by atoms with Crippen LogP contribution >= 0.6 is 25.3 Å². The third-order valence-electron chi connectivity index (χ3n) is 14.0. The number of aromatic amines is 1. The van der Waals surface area contributed by atoms with Gasteiger partial charge < -0.3 is 75.4 Å². The largest absolute Gasteiger partial charge is 0.370 e. The summed E-state index contributed by atoms with van der Waals surface area (Å²) in [6.07, 6.45) is 7.43. The number of guanidine groups is 1. The Balaban J connectivity index is 1.33. The van der Waals surface area contributed by atoms with Crippen LogP contribution in [0.4, 0.5) is 0 Å². The second-order valence-corrected chi connectivity index (χ2v) is 21.8. The number of nitrogens with two attached hydrogens (primary N) is 4. The lowest BCUT2D eigenvalue weighted by Crippen LogP contribution is -2.61. The molecule has 0 spiro atoms. The zero-order chi connectivity index (χ0) is 60.6. The summed E-state index contributed by atoms with van der Waals surface area (Å²) in [6.45, 7) is 1.62. The number of nitrogens with one attached hydrogen (secondary N) is 9. The first-order valence-electron chi connectivity index (χ1n) is 27.5. The lowest BCUT2D eigenvalue weighted by atomic mass is 9.85. The summed E-state index contributed by atoms with van der Waals surface area (Å²) in [5.41, 5.74) is 24.0. The normalized spacial score (nSPS) is 16.5. The van der Waals surface area contributed by atoms with Gasteiger partial charge in [-0.25, -0.2) is 0 Å². The van der Waals surface area contributed by atoms with Crippen LogP contribution in [0.25, 0.3) is 10.9 Å². The van der Waals surface area contributed by atoms with Crippen molar-refractivity contribution in [2.24, 2.45) is 27.9 Å². The second kappa shape index (κ2) is 32.5. The number of nitrogens with zero attached hydrogens (tertiary/aromatic N) is 2. The molecule has 7 atom stereocenters. The van der Waals surface area contributed by atoms with Crippen molar-refractivity contribution < 1.29 is 52.7 Å². The Kier molecular flexibility index (Phi) is 25.7. The molecule has 0 radical (unpaired) electrons. The predicted molar refractivity (Wildman–Crippen MR) is 315 cm³/mol. The topological polar surface area (TPSA) is 419 Å². The van der Waals surface area contributed by atoms with Crippen molar-refractivity contribution in [3.8, 4) is 0 Å². The first-order valence-corrected chi connectivity index (χ1v) is 28.5. The Morgan fingerprint density at radius 3 is 1.96 bits per heavy atom. The number of hydrogen-bond acceptors (Lipinski definition) is 14. The van der Waals surface area contributed by atoms with Crippen LogP contribution in [-0.4, -0.2) is 160 Å². The predicted octanol–water partition coefficient (Wildman–Crippen LogP) is -1.97. The first-order chi connectivity index (χ1) is 39.6. The molecule has 0 bridgehead atoms. The average molecular weight is 1190 g/mol. The number of H-pyrrole nitrogens is 1. The van der Waals surface area contributed by atoms with Crippen molar-refractivity contribution in [2.45, 2.75) is 137 Å². The average Bonchev–Trinajstić information content (AvgIpc) is 4.30. The molecule has 0 saturated heterocycles. The fraction of sp³-hybridized carbons (Fsp3) is 0.491. The standard InChI is InChI=1S/C55H77N15O11S2/c1-2-60-46(74)30-63-47(75)36(17-11-23-61-54(58)59)66-52(80)42-18-12-24-70(42)53(81)41(31-82)69-51(79)40(27-44(57)72)68-48(76)37(19-20-43(56)71)65-49(77)38(25-32-13-5-3-6-14-32)67-50(78)39(26-33-29-62-35-16-8-7-15-34(33)35)64-45(73)28-55(83)21-9-4-10-22-55/h3,5-8,12-16,18,29,36-42,62,82-83H,2,4,9-11,17,19-28,30-31H2,1H3,(H2,56,71)(H2,57,72)(H,60,74)(H,63,75)(H,64,73)(H,65,77)(H,66,80)(H,67,78)(H,68,76)(H,69,79)(H4,58,59,61)/t36-,37-,38-,39-,40-,41-,42-/m0/s1. The maximum absolute atomic E-state index is 14.6. The van der Waals surface area contributed by atoms with Crippen molar-refractivity contribution in [1.29, 1.82) is 0 Å². The molecule has 1 aliphatic heterocycles. The van der Waals surface area contributed by atoms with Crippen LogP contribution in [0.2, 0.25) is 0 Å². The summed E-state index contributed by atoms with van der Waals surface area (Å²) in [4.78, 5) is 157. The Bertz CT molecular complexity index is 2860. The van der Waals surface area contributed by atoms with Crippen LogP contribution in [0.1, 0.15) is 88.7 Å². The smallest absolute Gasteiger partial charge is 0.247 e. The van der Waals surface area contributed by atoms with Crippen molar-refractivity contribution >= 4 is 107 Å². The van der Waals surface area contributed by atoms with Gasteiger partial charge in [0.15, 0.2) is 5.96 Å². The minimum absolute atomic E-state index is 0.0188. The highest BCUT2D eigenvalue weighted by Crippen LogP contribution is 2.36. The highest BCUT2D eigenvalue weighted by atomic mass is 32.1. The van der Waals surface area contributed by atoms with Crippen molar-refractivity contribution in [3.63, 3.8) is 0 Å². The van der Waals surface area contributed by atoms with E-state index in [4.69, 9.17) is 35.6 Å². The summed E-state index contributed by atoms with van der Waals surface area (Å²) < 4.78 is -0.568. The van der Waals surface area contributed by atoms with Crippen LogP contribution in [0, 0.1) is 0 Å². The molecular weight excluding hydrogens is 1110 g/mol. The van der Waals surface area contributed by atoms with Crippen molar-refractivity contribution in [2.75, 3.05) is 31.9 Å². The molecule has 28 heteroatoms. The van der Waals surface area contributed by atoms with Gasteiger partial charge in [-0.3, -0.25) is 57.7 Å². The molecule has 17 N–H and O–H groups in total. The Morgan fingerprint density at radius 1 is 0.687 bits per heavy atom. The number of benzene rings is 2. The van der Waals surface area contributed by atoms with Crippen LogP contribution in [0.5, 0.6) is 0 Å². The summed E-state index contributed by atoms with van der Waals surface area (Å²) in [6, 6.07) is 6.00. The van der Waals surface area contributed by atoms with Gasteiger partial charge >= 0.3 is 0 Å². The minimum atomic E-state index is -1.80. The first kappa shape index (κ1) is 65.7. The molecule has 26 nitrogen and oxygen atoms in total. The van der Waals surface area contributed by atoms with Crippen LogP contribution in [-0.2, 0) is 65.6 Å². The number of thiol groups is 2. The van der Waals surface area contributed by atoms with E-state index in [1.807, 2.05) is 24.3 Å². The fourth-order valence-corrected chi connectivity index (χ4v) is 10.4.